The molecule has 1 aromatic rings. The fourth-order valence-corrected chi connectivity index (χ4v) is 2.91. The maximum Gasteiger partial charge on any atom is 0.321 e. The Labute approximate surface area is 117 Å². The van der Waals surface area contributed by atoms with E-state index in [1.165, 1.54) is 31.4 Å². The Balaban J connectivity index is 3.07. The van der Waals surface area contributed by atoms with E-state index in [1.54, 1.807) is 6.92 Å². The van der Waals surface area contributed by atoms with Crippen molar-refractivity contribution in [3.05, 3.63) is 29.8 Å². The first-order valence-corrected chi connectivity index (χ1v) is 7.23. The number of benzene rings is 1. The van der Waals surface area contributed by atoms with Gasteiger partial charge in [0.25, 0.3) is 0 Å². The molecule has 0 saturated carbocycles. The predicted molar refractivity (Wildman–Crippen MR) is 71.4 cm³/mol. The molecular formula is C12H16N2O5S. The lowest BCUT2D eigenvalue weighted by atomic mass is 10.2. The van der Waals surface area contributed by atoms with Crippen LogP contribution in [0.2, 0.25) is 0 Å². The summed E-state index contributed by atoms with van der Waals surface area (Å²) in [6.45, 7) is 1.36. The number of primary amides is 1. The van der Waals surface area contributed by atoms with Crippen LogP contribution in [0, 0.1) is 0 Å². The van der Waals surface area contributed by atoms with Gasteiger partial charge in [0.1, 0.15) is 6.54 Å². The van der Waals surface area contributed by atoms with Crippen LogP contribution in [-0.2, 0) is 19.6 Å². The van der Waals surface area contributed by atoms with Gasteiger partial charge in [-0.25, -0.2) is 8.42 Å². The second-order valence-electron chi connectivity index (χ2n) is 3.90. The first kappa shape index (κ1) is 16.1. The Morgan fingerprint density at radius 1 is 1.25 bits per heavy atom. The predicted octanol–water partition coefficient (Wildman–Crippen LogP) is -0.0309. The average molecular weight is 300 g/mol. The summed E-state index contributed by atoms with van der Waals surface area (Å²) in [5.74, 6) is -1.29. The summed E-state index contributed by atoms with van der Waals surface area (Å²) in [4.78, 5) is 22.1. The maximum atomic E-state index is 12.3. The van der Waals surface area contributed by atoms with Crippen LogP contribution in [0.3, 0.4) is 0 Å². The average Bonchev–Trinajstić information content (AvgIpc) is 2.44. The van der Waals surface area contributed by atoms with Crippen molar-refractivity contribution in [2.75, 3.05) is 20.2 Å². The van der Waals surface area contributed by atoms with Gasteiger partial charge in [0, 0.05) is 12.1 Å². The van der Waals surface area contributed by atoms with Crippen LogP contribution in [0.15, 0.2) is 29.2 Å². The molecule has 0 bridgehead atoms. The first-order chi connectivity index (χ1) is 9.32. The van der Waals surface area contributed by atoms with Crippen molar-refractivity contribution in [2.45, 2.75) is 11.8 Å². The van der Waals surface area contributed by atoms with Crippen LogP contribution in [-0.4, -0.2) is 44.8 Å². The molecule has 0 spiro atoms. The lowest BCUT2D eigenvalue weighted by molar-refractivity contribution is -0.140. The topological polar surface area (TPSA) is 107 Å². The molecule has 0 aromatic heterocycles. The number of rotatable bonds is 6. The fraction of sp³-hybridized carbons (Fsp3) is 0.333. The number of ether oxygens (including phenoxy) is 1. The Bertz CT molecular complexity index is 595. The monoisotopic (exact) mass is 300 g/mol. The summed E-state index contributed by atoms with van der Waals surface area (Å²) in [7, 11) is -2.63. The number of carbonyl (C=O) groups is 2. The number of methoxy groups -OCH3 is 1. The molecule has 1 amide bonds. The van der Waals surface area contributed by atoms with Gasteiger partial charge in [0.05, 0.1) is 12.0 Å². The standard InChI is InChI=1S/C12H16N2O5S/c1-3-14(8-11(15)19-2)20(17,18)10-6-4-9(5-7-10)12(13)16/h4-7H,3,8H2,1-2H3,(H2,13,16). The molecular weight excluding hydrogens is 284 g/mol. The SMILES string of the molecule is CCN(CC(=O)OC)S(=O)(=O)c1ccc(C(N)=O)cc1. The zero-order valence-corrected chi connectivity index (χ0v) is 12.0. The van der Waals surface area contributed by atoms with Crippen LogP contribution in [0.4, 0.5) is 0 Å². The molecule has 0 heterocycles. The third-order valence-electron chi connectivity index (χ3n) is 2.66. The Morgan fingerprint density at radius 3 is 2.20 bits per heavy atom. The van der Waals surface area contributed by atoms with Crippen molar-refractivity contribution in [1.82, 2.24) is 4.31 Å². The molecule has 110 valence electrons. The highest BCUT2D eigenvalue weighted by Gasteiger charge is 2.25. The minimum absolute atomic E-state index is 0.0201. The molecule has 0 aliphatic carbocycles. The number of hydrogen-bond donors (Lipinski definition) is 1. The van der Waals surface area contributed by atoms with Crippen molar-refractivity contribution in [1.29, 1.82) is 0 Å². The lowest BCUT2D eigenvalue weighted by Gasteiger charge is -2.19. The van der Waals surface area contributed by atoms with Crippen LogP contribution in [0.25, 0.3) is 0 Å². The van der Waals surface area contributed by atoms with Gasteiger partial charge in [-0.1, -0.05) is 6.92 Å². The largest absolute Gasteiger partial charge is 0.468 e. The van der Waals surface area contributed by atoms with E-state index in [1.807, 2.05) is 0 Å². The highest BCUT2D eigenvalue weighted by Crippen LogP contribution is 2.16. The van der Waals surface area contributed by atoms with Gasteiger partial charge >= 0.3 is 5.97 Å². The van der Waals surface area contributed by atoms with E-state index in [2.05, 4.69) is 4.74 Å². The maximum absolute atomic E-state index is 12.3. The third kappa shape index (κ3) is 3.55. The molecule has 1 rings (SSSR count). The smallest absolute Gasteiger partial charge is 0.321 e. The molecule has 2 N–H and O–H groups in total. The van der Waals surface area contributed by atoms with E-state index in [-0.39, 0.29) is 23.5 Å². The zero-order valence-electron chi connectivity index (χ0n) is 11.2. The van der Waals surface area contributed by atoms with Crippen molar-refractivity contribution in [2.24, 2.45) is 5.73 Å². The van der Waals surface area contributed by atoms with Crippen LogP contribution in [0.1, 0.15) is 17.3 Å². The third-order valence-corrected chi connectivity index (χ3v) is 4.60. The molecule has 0 aliphatic rings. The molecule has 0 saturated heterocycles. The van der Waals surface area contributed by atoms with Crippen LogP contribution < -0.4 is 5.73 Å². The van der Waals surface area contributed by atoms with E-state index in [9.17, 15) is 18.0 Å². The van der Waals surface area contributed by atoms with Gasteiger partial charge in [-0.2, -0.15) is 4.31 Å². The summed E-state index contributed by atoms with van der Waals surface area (Å²) >= 11 is 0. The minimum Gasteiger partial charge on any atom is -0.468 e. The summed E-state index contributed by atoms with van der Waals surface area (Å²) in [6.07, 6.45) is 0. The minimum atomic E-state index is -3.82. The number of esters is 1. The van der Waals surface area contributed by atoms with Gasteiger partial charge < -0.3 is 10.5 Å². The lowest BCUT2D eigenvalue weighted by Crippen LogP contribution is -2.36. The Kier molecular flexibility index (Phi) is 5.23. The molecule has 0 radical (unpaired) electrons. The van der Waals surface area contributed by atoms with Crippen molar-refractivity contribution >= 4 is 21.9 Å². The van der Waals surface area contributed by atoms with Crippen molar-refractivity contribution in [3.8, 4) is 0 Å². The van der Waals surface area contributed by atoms with Crippen molar-refractivity contribution < 1.29 is 22.7 Å². The molecule has 8 heteroatoms. The number of carbonyl (C=O) groups excluding carboxylic acids is 2. The van der Waals surface area contributed by atoms with Gasteiger partial charge in [0.2, 0.25) is 15.9 Å². The molecule has 0 fully saturated rings. The van der Waals surface area contributed by atoms with Gasteiger partial charge in [-0.15, -0.1) is 0 Å². The zero-order chi connectivity index (χ0) is 15.3. The molecule has 0 atom stereocenters. The quantitative estimate of drug-likeness (QED) is 0.742. The number of amides is 1. The summed E-state index contributed by atoms with van der Waals surface area (Å²) in [5.41, 5.74) is 5.29. The van der Waals surface area contributed by atoms with E-state index < -0.39 is 21.9 Å². The molecule has 0 unspecified atom stereocenters. The summed E-state index contributed by atoms with van der Waals surface area (Å²) < 4.78 is 30.0. The number of nitrogens with two attached hydrogens (primary N) is 1. The van der Waals surface area contributed by atoms with Gasteiger partial charge in [-0.05, 0) is 24.3 Å². The number of nitrogens with zero attached hydrogens (tertiary/aromatic N) is 1. The van der Waals surface area contributed by atoms with Crippen LogP contribution in [0.5, 0.6) is 0 Å². The number of sulfonamides is 1. The van der Waals surface area contributed by atoms with Crippen molar-refractivity contribution in [3.63, 3.8) is 0 Å². The van der Waals surface area contributed by atoms with E-state index in [4.69, 9.17) is 5.73 Å². The first-order valence-electron chi connectivity index (χ1n) is 5.79. The second kappa shape index (κ2) is 6.49. The van der Waals surface area contributed by atoms with Crippen LogP contribution >= 0.6 is 0 Å². The van der Waals surface area contributed by atoms with Gasteiger partial charge in [-0.3, -0.25) is 9.59 Å². The van der Waals surface area contributed by atoms with E-state index >= 15 is 0 Å². The normalized spacial score (nSPS) is 11.3. The Morgan fingerprint density at radius 2 is 1.80 bits per heavy atom. The molecule has 0 aliphatic heterocycles. The molecule has 1 aromatic carbocycles. The molecule has 20 heavy (non-hydrogen) atoms. The Hall–Kier alpha value is -1.93. The van der Waals surface area contributed by atoms with E-state index in [0.717, 1.165) is 4.31 Å². The fourth-order valence-electron chi connectivity index (χ4n) is 1.52. The second-order valence-corrected chi connectivity index (χ2v) is 5.83. The summed E-state index contributed by atoms with van der Waals surface area (Å²) in [5, 5.41) is 0. The highest BCUT2D eigenvalue weighted by molar-refractivity contribution is 7.89. The number of likely N-dealkylation sites (N-methyl/N-ethyl adjacent to an activating group) is 1. The molecule has 7 nitrogen and oxygen atoms in total. The highest BCUT2D eigenvalue weighted by atomic mass is 32.2. The van der Waals surface area contributed by atoms with Gasteiger partial charge in [0.15, 0.2) is 0 Å². The van der Waals surface area contributed by atoms with E-state index in [0.29, 0.717) is 0 Å². The summed E-state index contributed by atoms with van der Waals surface area (Å²) in [6, 6.07) is 5.19. The number of hydrogen-bond acceptors (Lipinski definition) is 5.